The van der Waals surface area contributed by atoms with Crippen molar-refractivity contribution in [1.29, 1.82) is 0 Å². The first kappa shape index (κ1) is 32.1. The Balaban J connectivity index is 1.17. The number of rotatable bonds is 6. The van der Waals surface area contributed by atoms with Crippen molar-refractivity contribution >= 4 is 18.1 Å². The number of hydrogen-bond acceptors (Lipinski definition) is 6. The van der Waals surface area contributed by atoms with Gasteiger partial charge in [-0.2, -0.15) is 0 Å². The Hall–Kier alpha value is -4.34. The number of nitrogens with zero attached hydrogens (tertiary/aromatic N) is 3. The molecule has 2 aliphatic heterocycles. The molecule has 1 aromatic heterocycles. The molecule has 3 amide bonds. The van der Waals surface area contributed by atoms with Crippen molar-refractivity contribution in [1.82, 2.24) is 25.1 Å². The average Bonchev–Trinajstić information content (AvgIpc) is 3.75. The first-order chi connectivity index (χ1) is 21.3. The SMILES string of the molecule is CC(C)(C)OC(=O)N1CCCC1C(=O)NCc1ccc(-c2ccc(-c3cnc([C@@H]4CCCN4C(=O)OC(C)(C)C)[nH]3)cc2)cc1. The molecule has 10 heteroatoms. The number of carbonyl (C=O) groups is 3. The first-order valence-electron chi connectivity index (χ1n) is 15.8. The Labute approximate surface area is 265 Å². The molecule has 2 fully saturated rings. The van der Waals surface area contributed by atoms with Gasteiger partial charge in [0.2, 0.25) is 5.91 Å². The number of ether oxygens (including phenoxy) is 2. The summed E-state index contributed by atoms with van der Waals surface area (Å²) >= 11 is 0. The zero-order valence-corrected chi connectivity index (χ0v) is 27.2. The van der Waals surface area contributed by atoms with Gasteiger partial charge in [0.25, 0.3) is 0 Å². The Kier molecular flexibility index (Phi) is 9.23. The number of nitrogens with one attached hydrogen (secondary N) is 2. The van der Waals surface area contributed by atoms with E-state index >= 15 is 0 Å². The maximum atomic E-state index is 12.9. The van der Waals surface area contributed by atoms with Gasteiger partial charge in [-0.05, 0) is 89.5 Å². The van der Waals surface area contributed by atoms with E-state index in [-0.39, 0.29) is 18.0 Å². The molecule has 240 valence electrons. The van der Waals surface area contributed by atoms with Gasteiger partial charge in [-0.3, -0.25) is 14.6 Å². The standard InChI is InChI=1S/C35H45N5O5/c1-34(2,3)44-32(42)39-19-7-9-28(39)30-36-22-27(38-30)26-17-15-25(16-18-26)24-13-11-23(12-14-24)21-37-31(41)29-10-8-20-40(29)33(43)45-35(4,5)6/h11-18,22,28-29H,7-10,19-21H2,1-6H3,(H,36,38)(H,37,41)/t28-,29?/m0/s1. The van der Waals surface area contributed by atoms with Crippen molar-refractivity contribution in [3.05, 3.63) is 66.1 Å². The molecule has 1 unspecified atom stereocenters. The van der Waals surface area contributed by atoms with Crippen LogP contribution in [0.15, 0.2) is 54.7 Å². The van der Waals surface area contributed by atoms with Crippen molar-refractivity contribution in [2.75, 3.05) is 13.1 Å². The van der Waals surface area contributed by atoms with Crippen LogP contribution in [0.3, 0.4) is 0 Å². The summed E-state index contributed by atoms with van der Waals surface area (Å²) in [5, 5.41) is 2.99. The van der Waals surface area contributed by atoms with Crippen LogP contribution in [0, 0.1) is 0 Å². The second-order valence-electron chi connectivity index (χ2n) is 13.8. The number of aromatic nitrogens is 2. The fraction of sp³-hybridized carbons (Fsp3) is 0.486. The number of H-pyrrole nitrogens is 1. The Morgan fingerprint density at radius 3 is 1.96 bits per heavy atom. The fourth-order valence-electron chi connectivity index (χ4n) is 5.79. The zero-order valence-electron chi connectivity index (χ0n) is 27.2. The predicted octanol–water partition coefficient (Wildman–Crippen LogP) is 6.83. The molecule has 3 aromatic rings. The average molecular weight is 616 g/mol. The van der Waals surface area contributed by atoms with Gasteiger partial charge in [-0.25, -0.2) is 14.6 Å². The van der Waals surface area contributed by atoms with Crippen LogP contribution in [0.4, 0.5) is 9.59 Å². The molecule has 0 saturated carbocycles. The van der Waals surface area contributed by atoms with Crippen molar-refractivity contribution < 1.29 is 23.9 Å². The largest absolute Gasteiger partial charge is 0.444 e. The van der Waals surface area contributed by atoms with Crippen molar-refractivity contribution in [3.8, 4) is 22.4 Å². The number of imidazole rings is 1. The molecule has 2 saturated heterocycles. The Morgan fingerprint density at radius 1 is 0.800 bits per heavy atom. The van der Waals surface area contributed by atoms with Crippen LogP contribution in [0.5, 0.6) is 0 Å². The molecular formula is C35H45N5O5. The molecule has 0 radical (unpaired) electrons. The molecule has 0 aliphatic carbocycles. The zero-order chi connectivity index (χ0) is 32.4. The lowest BCUT2D eigenvalue weighted by Gasteiger charge is -2.28. The smallest absolute Gasteiger partial charge is 0.410 e. The van der Waals surface area contributed by atoms with Gasteiger partial charge in [-0.15, -0.1) is 0 Å². The third-order valence-electron chi connectivity index (χ3n) is 7.93. The van der Waals surface area contributed by atoms with Gasteiger partial charge in [0.05, 0.1) is 17.9 Å². The van der Waals surface area contributed by atoms with Crippen LogP contribution in [0.1, 0.15) is 84.7 Å². The number of benzene rings is 2. The Morgan fingerprint density at radius 2 is 1.33 bits per heavy atom. The summed E-state index contributed by atoms with van der Waals surface area (Å²) < 4.78 is 11.1. The van der Waals surface area contributed by atoms with Gasteiger partial charge in [0, 0.05) is 19.6 Å². The highest BCUT2D eigenvalue weighted by atomic mass is 16.6. The summed E-state index contributed by atoms with van der Waals surface area (Å²) in [5.74, 6) is 0.607. The fourth-order valence-corrected chi connectivity index (χ4v) is 5.79. The molecule has 3 heterocycles. The third kappa shape index (κ3) is 8.04. The second-order valence-corrected chi connectivity index (χ2v) is 13.8. The lowest BCUT2D eigenvalue weighted by atomic mass is 10.0. The molecule has 2 N–H and O–H groups in total. The monoisotopic (exact) mass is 615 g/mol. The topological polar surface area (TPSA) is 117 Å². The summed E-state index contributed by atoms with van der Waals surface area (Å²) in [5.41, 5.74) is 3.86. The van der Waals surface area contributed by atoms with Crippen LogP contribution in [0.2, 0.25) is 0 Å². The molecule has 2 aromatic carbocycles. The van der Waals surface area contributed by atoms with Crippen molar-refractivity contribution in [2.45, 2.75) is 97.1 Å². The van der Waals surface area contributed by atoms with E-state index in [2.05, 4.69) is 39.6 Å². The normalized spacial score (nSPS) is 18.6. The van der Waals surface area contributed by atoms with Gasteiger partial charge >= 0.3 is 12.2 Å². The summed E-state index contributed by atoms with van der Waals surface area (Å²) in [7, 11) is 0. The van der Waals surface area contributed by atoms with Gasteiger partial charge < -0.3 is 19.8 Å². The third-order valence-corrected chi connectivity index (χ3v) is 7.93. The van der Waals surface area contributed by atoms with E-state index in [9.17, 15) is 14.4 Å². The van der Waals surface area contributed by atoms with E-state index in [1.54, 1.807) is 4.90 Å². The number of amides is 3. The summed E-state index contributed by atoms with van der Waals surface area (Å²) in [6.07, 6.45) is 4.23. The van der Waals surface area contributed by atoms with Crippen LogP contribution in [-0.2, 0) is 20.8 Å². The van der Waals surface area contributed by atoms with Gasteiger partial charge in [0.15, 0.2) is 0 Å². The van der Waals surface area contributed by atoms with Crippen LogP contribution in [0.25, 0.3) is 22.4 Å². The molecule has 45 heavy (non-hydrogen) atoms. The van der Waals surface area contributed by atoms with E-state index in [4.69, 9.17) is 9.47 Å². The summed E-state index contributed by atoms with van der Waals surface area (Å²) in [4.78, 5) is 49.5. The molecule has 0 bridgehead atoms. The number of aromatic amines is 1. The molecule has 0 spiro atoms. The molecule has 10 nitrogen and oxygen atoms in total. The number of likely N-dealkylation sites (tertiary alicyclic amines) is 2. The van der Waals surface area contributed by atoms with E-state index in [1.807, 2.05) is 72.0 Å². The van der Waals surface area contributed by atoms with Gasteiger partial charge in [-0.1, -0.05) is 48.5 Å². The molecule has 2 aliphatic rings. The van der Waals surface area contributed by atoms with E-state index in [0.29, 0.717) is 26.1 Å². The molecule has 2 atom stereocenters. The second kappa shape index (κ2) is 12.9. The van der Waals surface area contributed by atoms with Crippen molar-refractivity contribution in [3.63, 3.8) is 0 Å². The highest BCUT2D eigenvalue weighted by Crippen LogP contribution is 2.33. The maximum absolute atomic E-state index is 12.9. The summed E-state index contributed by atoms with van der Waals surface area (Å²) in [6.45, 7) is 12.7. The molecular weight excluding hydrogens is 570 g/mol. The van der Waals surface area contributed by atoms with Crippen LogP contribution >= 0.6 is 0 Å². The van der Waals surface area contributed by atoms with E-state index in [0.717, 1.165) is 53.0 Å². The maximum Gasteiger partial charge on any atom is 0.410 e. The van der Waals surface area contributed by atoms with Gasteiger partial charge in [0.1, 0.15) is 23.1 Å². The quantitative estimate of drug-likeness (QED) is 0.314. The van der Waals surface area contributed by atoms with Crippen molar-refractivity contribution in [2.24, 2.45) is 0 Å². The molecule has 5 rings (SSSR count). The first-order valence-corrected chi connectivity index (χ1v) is 15.8. The lowest BCUT2D eigenvalue weighted by Crippen LogP contribution is -2.47. The minimum absolute atomic E-state index is 0.127. The summed E-state index contributed by atoms with van der Waals surface area (Å²) in [6, 6.07) is 15.7. The number of carbonyl (C=O) groups excluding carboxylic acids is 3. The highest BCUT2D eigenvalue weighted by molar-refractivity contribution is 5.86. The lowest BCUT2D eigenvalue weighted by molar-refractivity contribution is -0.125. The van der Waals surface area contributed by atoms with Crippen LogP contribution in [-0.4, -0.2) is 68.2 Å². The van der Waals surface area contributed by atoms with E-state index < -0.39 is 23.3 Å². The minimum atomic E-state index is -0.604. The Bertz CT molecular complexity index is 1500. The van der Waals surface area contributed by atoms with Crippen LogP contribution < -0.4 is 5.32 Å². The minimum Gasteiger partial charge on any atom is -0.444 e. The van der Waals surface area contributed by atoms with E-state index in [1.165, 1.54) is 4.90 Å². The highest BCUT2D eigenvalue weighted by Gasteiger charge is 2.37. The predicted molar refractivity (Wildman–Crippen MR) is 172 cm³/mol. The number of hydrogen-bond donors (Lipinski definition) is 2.